The zero-order valence-corrected chi connectivity index (χ0v) is 13.7. The minimum absolute atomic E-state index is 0.725. The van der Waals surface area contributed by atoms with Gasteiger partial charge in [0.2, 0.25) is 0 Å². The van der Waals surface area contributed by atoms with Gasteiger partial charge in [0.25, 0.3) is 0 Å². The molecule has 4 aromatic rings. The van der Waals surface area contributed by atoms with Gasteiger partial charge in [0.15, 0.2) is 5.82 Å². The minimum atomic E-state index is 0.725. The minimum Gasteiger partial charge on any atom is -0.299 e. The zero-order chi connectivity index (χ0) is 14.9. The molecule has 22 heavy (non-hydrogen) atoms. The van der Waals surface area contributed by atoms with E-state index in [2.05, 4.69) is 72.4 Å². The molecular formula is C17H11IN4. The van der Waals surface area contributed by atoms with Gasteiger partial charge in [-0.3, -0.25) is 4.57 Å². The molecule has 0 radical (unpaired) electrons. The first-order valence-corrected chi connectivity index (χ1v) is 7.89. The molecular weight excluding hydrogens is 387 g/mol. The van der Waals surface area contributed by atoms with E-state index < -0.39 is 0 Å². The second-order valence-corrected chi connectivity index (χ2v) is 6.12. The summed E-state index contributed by atoms with van der Waals surface area (Å²) in [6.45, 7) is 0. The van der Waals surface area contributed by atoms with Crippen LogP contribution in [-0.4, -0.2) is 19.5 Å². The molecule has 0 amide bonds. The second-order valence-electron chi connectivity index (χ2n) is 4.87. The summed E-state index contributed by atoms with van der Waals surface area (Å²) < 4.78 is 3.26. The van der Waals surface area contributed by atoms with Crippen LogP contribution in [0.4, 0.5) is 0 Å². The molecule has 2 aromatic heterocycles. The number of nitrogens with zero attached hydrogens (tertiary/aromatic N) is 4. The van der Waals surface area contributed by atoms with Crippen molar-refractivity contribution >= 4 is 33.6 Å². The molecule has 0 N–H and O–H groups in total. The number of imidazole rings is 1. The van der Waals surface area contributed by atoms with Gasteiger partial charge < -0.3 is 0 Å². The highest BCUT2D eigenvalue weighted by Crippen LogP contribution is 2.23. The number of halogens is 1. The van der Waals surface area contributed by atoms with E-state index in [0.29, 0.717) is 0 Å². The fraction of sp³-hybridized carbons (Fsp3) is 0. The van der Waals surface area contributed by atoms with Gasteiger partial charge in [-0.05, 0) is 59.0 Å². The molecule has 4 rings (SSSR count). The summed E-state index contributed by atoms with van der Waals surface area (Å²) in [6, 6.07) is 16.2. The van der Waals surface area contributed by atoms with E-state index in [0.717, 1.165) is 28.1 Å². The van der Waals surface area contributed by atoms with Crippen molar-refractivity contribution in [3.63, 3.8) is 0 Å². The molecule has 0 aliphatic heterocycles. The van der Waals surface area contributed by atoms with Gasteiger partial charge >= 0.3 is 0 Å². The lowest BCUT2D eigenvalue weighted by Gasteiger charge is -2.06. The molecule has 4 nitrogen and oxygen atoms in total. The number of aromatic nitrogens is 4. The predicted molar refractivity (Wildman–Crippen MR) is 94.8 cm³/mol. The Morgan fingerprint density at radius 1 is 0.864 bits per heavy atom. The largest absolute Gasteiger partial charge is 0.299 e. The molecule has 0 aliphatic carbocycles. The molecule has 0 fully saturated rings. The number of hydrogen-bond donors (Lipinski definition) is 0. The van der Waals surface area contributed by atoms with Gasteiger partial charge in [-0.1, -0.05) is 12.1 Å². The van der Waals surface area contributed by atoms with Crippen LogP contribution >= 0.6 is 22.6 Å². The molecule has 0 unspecified atom stereocenters. The van der Waals surface area contributed by atoms with Crippen LogP contribution in [0.2, 0.25) is 0 Å². The van der Waals surface area contributed by atoms with Crippen LogP contribution in [0.15, 0.2) is 67.3 Å². The van der Waals surface area contributed by atoms with E-state index in [-0.39, 0.29) is 0 Å². The van der Waals surface area contributed by atoms with Gasteiger partial charge in [0, 0.05) is 27.2 Å². The normalized spacial score (nSPS) is 11.0. The number of hydrogen-bond acceptors (Lipinski definition) is 3. The Bertz CT molecular complexity index is 947. The molecule has 0 aliphatic rings. The van der Waals surface area contributed by atoms with Gasteiger partial charge in [-0.2, -0.15) is 0 Å². The highest BCUT2D eigenvalue weighted by molar-refractivity contribution is 14.1. The Labute approximate surface area is 141 Å². The van der Waals surface area contributed by atoms with Crippen LogP contribution in [0.5, 0.6) is 0 Å². The summed E-state index contributed by atoms with van der Waals surface area (Å²) in [5.74, 6) is 0.725. The fourth-order valence-corrected chi connectivity index (χ4v) is 2.91. The lowest BCUT2D eigenvalue weighted by molar-refractivity contribution is 1.09. The molecule has 2 aromatic carbocycles. The monoisotopic (exact) mass is 398 g/mol. The van der Waals surface area contributed by atoms with Gasteiger partial charge in [0.1, 0.15) is 6.33 Å². The highest BCUT2D eigenvalue weighted by Gasteiger charge is 2.07. The standard InChI is InChI=1S/C17H11IN4/c18-13-5-6-16-15(10-13)21-11-22(16)14-4-1-3-12(9-14)17-19-7-2-8-20-17/h1-11H. The van der Waals surface area contributed by atoms with Crippen LogP contribution < -0.4 is 0 Å². The van der Waals surface area contributed by atoms with Crippen molar-refractivity contribution in [3.8, 4) is 17.1 Å². The molecule has 0 bridgehead atoms. The van der Waals surface area contributed by atoms with Crippen LogP contribution in [-0.2, 0) is 0 Å². The molecule has 0 atom stereocenters. The molecule has 0 spiro atoms. The lowest BCUT2D eigenvalue weighted by Crippen LogP contribution is -1.94. The van der Waals surface area contributed by atoms with Crippen LogP contribution in [0.25, 0.3) is 28.1 Å². The Kier molecular flexibility index (Phi) is 3.34. The third-order valence-corrected chi connectivity index (χ3v) is 4.13. The summed E-state index contributed by atoms with van der Waals surface area (Å²) in [5.41, 5.74) is 4.12. The van der Waals surface area contributed by atoms with Gasteiger partial charge in [0.05, 0.1) is 11.0 Å². The van der Waals surface area contributed by atoms with E-state index in [9.17, 15) is 0 Å². The first kappa shape index (κ1) is 13.4. The number of fused-ring (bicyclic) bond motifs is 1. The van der Waals surface area contributed by atoms with Crippen molar-refractivity contribution in [3.05, 3.63) is 70.8 Å². The first-order chi connectivity index (χ1) is 10.8. The summed E-state index contributed by atoms with van der Waals surface area (Å²) in [7, 11) is 0. The quantitative estimate of drug-likeness (QED) is 0.478. The Balaban J connectivity index is 1.85. The van der Waals surface area contributed by atoms with E-state index in [1.165, 1.54) is 3.57 Å². The molecule has 2 heterocycles. The molecule has 0 saturated heterocycles. The van der Waals surface area contributed by atoms with E-state index in [1.807, 2.05) is 24.5 Å². The average Bonchev–Trinajstić information content (AvgIpc) is 2.99. The smallest absolute Gasteiger partial charge is 0.159 e. The van der Waals surface area contributed by atoms with E-state index in [4.69, 9.17) is 0 Å². The maximum Gasteiger partial charge on any atom is 0.159 e. The Hall–Kier alpha value is -2.28. The maximum atomic E-state index is 4.49. The van der Waals surface area contributed by atoms with E-state index in [1.54, 1.807) is 12.4 Å². The van der Waals surface area contributed by atoms with Gasteiger partial charge in [-0.25, -0.2) is 15.0 Å². The van der Waals surface area contributed by atoms with Crippen molar-refractivity contribution in [1.29, 1.82) is 0 Å². The molecule has 0 saturated carbocycles. The van der Waals surface area contributed by atoms with E-state index >= 15 is 0 Å². The van der Waals surface area contributed by atoms with Crippen molar-refractivity contribution < 1.29 is 0 Å². The average molecular weight is 398 g/mol. The van der Waals surface area contributed by atoms with Gasteiger partial charge in [-0.15, -0.1) is 0 Å². The third-order valence-electron chi connectivity index (χ3n) is 3.46. The summed E-state index contributed by atoms with van der Waals surface area (Å²) in [5, 5.41) is 0. The molecule has 106 valence electrons. The van der Waals surface area contributed by atoms with Crippen LogP contribution in [0.1, 0.15) is 0 Å². The zero-order valence-electron chi connectivity index (χ0n) is 11.5. The fourth-order valence-electron chi connectivity index (χ4n) is 2.43. The van der Waals surface area contributed by atoms with Crippen molar-refractivity contribution in [1.82, 2.24) is 19.5 Å². The topological polar surface area (TPSA) is 43.6 Å². The predicted octanol–water partition coefficient (Wildman–Crippen LogP) is 4.09. The number of rotatable bonds is 2. The lowest BCUT2D eigenvalue weighted by atomic mass is 10.2. The Morgan fingerprint density at radius 3 is 2.59 bits per heavy atom. The third kappa shape index (κ3) is 2.37. The second kappa shape index (κ2) is 5.49. The van der Waals surface area contributed by atoms with Crippen molar-refractivity contribution in [2.45, 2.75) is 0 Å². The SMILES string of the molecule is Ic1ccc2c(c1)ncn2-c1cccc(-c2ncccn2)c1. The van der Waals surface area contributed by atoms with Crippen LogP contribution in [0.3, 0.4) is 0 Å². The molecule has 5 heteroatoms. The highest BCUT2D eigenvalue weighted by atomic mass is 127. The number of benzene rings is 2. The summed E-state index contributed by atoms with van der Waals surface area (Å²) >= 11 is 2.30. The van der Waals surface area contributed by atoms with Crippen molar-refractivity contribution in [2.75, 3.05) is 0 Å². The first-order valence-electron chi connectivity index (χ1n) is 6.82. The maximum absolute atomic E-state index is 4.49. The van der Waals surface area contributed by atoms with Crippen LogP contribution in [0, 0.1) is 3.57 Å². The summed E-state index contributed by atoms with van der Waals surface area (Å²) in [6.07, 6.45) is 5.36. The Morgan fingerprint density at radius 2 is 1.73 bits per heavy atom. The summed E-state index contributed by atoms with van der Waals surface area (Å²) in [4.78, 5) is 13.1. The van der Waals surface area contributed by atoms with Crippen molar-refractivity contribution in [2.24, 2.45) is 0 Å².